The molecule has 380 valence electrons. The van der Waals surface area contributed by atoms with E-state index in [0.29, 0.717) is 13.0 Å². The van der Waals surface area contributed by atoms with Gasteiger partial charge in [0.15, 0.2) is 0 Å². The fourth-order valence-electron chi connectivity index (χ4n) is 8.72. The number of carboxylic acid groups (broad SMARTS) is 1. The summed E-state index contributed by atoms with van der Waals surface area (Å²) in [4.78, 5) is 23.4. The van der Waals surface area contributed by atoms with Crippen LogP contribution in [0.15, 0.2) is 24.3 Å². The molecule has 0 aliphatic heterocycles. The fraction of sp³-hybridized carbons (Fsp3) is 0.900. The van der Waals surface area contributed by atoms with Gasteiger partial charge in [-0.3, -0.25) is 9.59 Å². The average Bonchev–Trinajstić information content (AvgIpc) is 3.29. The Hall–Kier alpha value is -1.58. The molecule has 0 aliphatic rings. The van der Waals surface area contributed by atoms with Gasteiger partial charge in [0.05, 0.1) is 12.5 Å². The maximum absolute atomic E-state index is 11.8. The van der Waals surface area contributed by atoms with Crippen LogP contribution in [0.2, 0.25) is 0 Å². The first-order chi connectivity index (χ1) is 31.5. The molecule has 0 aromatic rings. The van der Waals surface area contributed by atoms with Crippen molar-refractivity contribution >= 4 is 11.9 Å². The van der Waals surface area contributed by atoms with Gasteiger partial charge in [0, 0.05) is 6.42 Å². The molecule has 0 saturated carbocycles. The van der Waals surface area contributed by atoms with Gasteiger partial charge in [-0.25, -0.2) is 0 Å². The lowest BCUT2D eigenvalue weighted by Gasteiger charge is -2.12. The van der Waals surface area contributed by atoms with Crippen molar-refractivity contribution < 1.29 is 19.4 Å². The van der Waals surface area contributed by atoms with Gasteiger partial charge in [-0.05, 0) is 64.2 Å². The minimum Gasteiger partial charge on any atom is -0.481 e. The minimum atomic E-state index is -0.571. The van der Waals surface area contributed by atoms with E-state index >= 15 is 0 Å². The molecule has 1 atom stereocenters. The Kier molecular flexibility index (Phi) is 59.9. The van der Waals surface area contributed by atoms with E-state index in [1.807, 2.05) is 0 Å². The molecular weight excluding hydrogens is 785 g/mol. The third-order valence-electron chi connectivity index (χ3n) is 13.2. The van der Waals surface area contributed by atoms with Crippen LogP contribution in [-0.4, -0.2) is 23.7 Å². The topological polar surface area (TPSA) is 63.6 Å². The summed E-state index contributed by atoms with van der Waals surface area (Å²) in [6, 6.07) is 0. The van der Waals surface area contributed by atoms with E-state index in [0.717, 1.165) is 44.9 Å². The minimum absolute atomic E-state index is 0.0125. The maximum atomic E-state index is 11.8. The van der Waals surface area contributed by atoms with Crippen LogP contribution in [0.1, 0.15) is 336 Å². The molecule has 0 rings (SSSR count). The van der Waals surface area contributed by atoms with Gasteiger partial charge in [-0.1, -0.05) is 290 Å². The monoisotopic (exact) mass is 901 g/mol. The highest BCUT2D eigenvalue weighted by Gasteiger charge is 2.16. The first-order valence-corrected chi connectivity index (χ1v) is 29.2. The van der Waals surface area contributed by atoms with Crippen molar-refractivity contribution in [1.29, 1.82) is 0 Å². The highest BCUT2D eigenvalue weighted by atomic mass is 16.5. The van der Waals surface area contributed by atoms with Crippen LogP contribution in [0.3, 0.4) is 0 Å². The van der Waals surface area contributed by atoms with E-state index in [1.165, 1.54) is 257 Å². The molecule has 4 heteroatoms. The first-order valence-electron chi connectivity index (χ1n) is 29.2. The Balaban J connectivity index is 0. The van der Waals surface area contributed by atoms with Gasteiger partial charge in [0.2, 0.25) is 0 Å². The largest absolute Gasteiger partial charge is 0.481 e. The number of carbonyl (C=O) groups excluding carboxylic acids is 1. The summed E-state index contributed by atoms with van der Waals surface area (Å²) in [5, 5.41) is 9.51. The molecule has 1 unspecified atom stereocenters. The zero-order chi connectivity index (χ0) is 46.9. The number of esters is 1. The Labute approximate surface area is 402 Å². The summed E-state index contributed by atoms with van der Waals surface area (Å²) in [6.45, 7) is 9.66. The van der Waals surface area contributed by atoms with Crippen molar-refractivity contribution in [2.24, 2.45) is 5.92 Å². The summed E-state index contributed by atoms with van der Waals surface area (Å²) >= 11 is 0. The number of rotatable bonds is 52. The highest BCUT2D eigenvalue weighted by Crippen LogP contribution is 2.20. The molecule has 0 spiro atoms. The molecule has 0 saturated heterocycles. The lowest BCUT2D eigenvalue weighted by molar-refractivity contribution is -0.144. The van der Waals surface area contributed by atoms with Gasteiger partial charge in [-0.2, -0.15) is 0 Å². The number of hydrogen-bond donors (Lipinski definition) is 1. The second-order valence-corrected chi connectivity index (χ2v) is 19.8. The van der Waals surface area contributed by atoms with E-state index < -0.39 is 5.97 Å². The molecule has 0 bridgehead atoms. The number of allylic oxidation sites excluding steroid dienone is 4. The van der Waals surface area contributed by atoms with E-state index in [2.05, 4.69) is 52.0 Å². The molecule has 0 heterocycles. The molecule has 64 heavy (non-hydrogen) atoms. The Bertz CT molecular complexity index is 938. The molecule has 0 fully saturated rings. The zero-order valence-corrected chi connectivity index (χ0v) is 44.2. The van der Waals surface area contributed by atoms with Gasteiger partial charge in [0.1, 0.15) is 0 Å². The summed E-state index contributed by atoms with van der Waals surface area (Å²) in [5.74, 6) is -0.668. The normalized spacial score (nSPS) is 12.0. The smallest absolute Gasteiger partial charge is 0.306 e. The van der Waals surface area contributed by atoms with Crippen LogP contribution in [-0.2, 0) is 14.3 Å². The number of ether oxygens (including phenoxy) is 1. The Morgan fingerprint density at radius 3 is 0.938 bits per heavy atom. The van der Waals surface area contributed by atoms with E-state index in [1.54, 1.807) is 0 Å². The van der Waals surface area contributed by atoms with Crippen molar-refractivity contribution in [3.63, 3.8) is 0 Å². The summed E-state index contributed by atoms with van der Waals surface area (Å²) in [5.41, 5.74) is 0. The molecule has 4 nitrogen and oxygen atoms in total. The number of unbranched alkanes of at least 4 members (excludes halogenated alkanes) is 39. The third-order valence-corrected chi connectivity index (χ3v) is 13.2. The second-order valence-electron chi connectivity index (χ2n) is 19.8. The quantitative estimate of drug-likeness (QED) is 0.0375. The maximum Gasteiger partial charge on any atom is 0.306 e. The number of carbonyl (C=O) groups is 2. The van der Waals surface area contributed by atoms with Gasteiger partial charge in [-0.15, -0.1) is 0 Å². The third kappa shape index (κ3) is 58.4. The van der Waals surface area contributed by atoms with Crippen molar-refractivity contribution in [3.05, 3.63) is 24.3 Å². The van der Waals surface area contributed by atoms with Gasteiger partial charge < -0.3 is 9.84 Å². The standard InChI is InChI=1S/2C30H58O2/c1-3-5-7-9-11-13-15-16-17-18-20-22-24-26-28-29(30(31)32)27-25-23-21-19-14-12-10-8-6-4-2;1-3-5-7-9-11-13-15-16-17-19-21-23-25-27-29-32-30(31)28-26-24-22-20-18-14-12-10-8-6-4-2/h10,12,29H,3-9,11,13-28H2,1-2H3,(H,31,32);10,12H,3-9,11,13-29H2,1-2H3/b2*12-10-. The van der Waals surface area contributed by atoms with Crippen molar-refractivity contribution in [2.45, 2.75) is 336 Å². The SMILES string of the molecule is CCCC/C=C\CCCCCCC(CCCCCCCCCCCCCCCC)C(=O)O.CCCC/C=C\CCCCCCCC(=O)OCCCCCCCCCCCCCCCC. The van der Waals surface area contributed by atoms with Crippen LogP contribution in [0.5, 0.6) is 0 Å². The number of carboxylic acids is 1. The summed E-state index contributed by atoms with van der Waals surface area (Å²) < 4.78 is 5.39. The summed E-state index contributed by atoms with van der Waals surface area (Å²) in [7, 11) is 0. The van der Waals surface area contributed by atoms with Crippen molar-refractivity contribution in [2.75, 3.05) is 6.61 Å². The summed E-state index contributed by atoms with van der Waals surface area (Å²) in [6.07, 6.45) is 70.4. The number of aliphatic carboxylic acids is 1. The van der Waals surface area contributed by atoms with E-state index in [9.17, 15) is 14.7 Å². The Morgan fingerprint density at radius 2 is 0.609 bits per heavy atom. The zero-order valence-electron chi connectivity index (χ0n) is 44.2. The van der Waals surface area contributed by atoms with Crippen molar-refractivity contribution in [3.8, 4) is 0 Å². The van der Waals surface area contributed by atoms with Crippen LogP contribution in [0.4, 0.5) is 0 Å². The molecule has 0 radical (unpaired) electrons. The predicted molar refractivity (Wildman–Crippen MR) is 285 cm³/mol. The van der Waals surface area contributed by atoms with E-state index in [-0.39, 0.29) is 11.9 Å². The molecule has 0 aliphatic carbocycles. The van der Waals surface area contributed by atoms with Gasteiger partial charge in [0.25, 0.3) is 0 Å². The van der Waals surface area contributed by atoms with Crippen LogP contribution in [0.25, 0.3) is 0 Å². The predicted octanol–water partition coefficient (Wildman–Crippen LogP) is 21.1. The van der Waals surface area contributed by atoms with Crippen molar-refractivity contribution in [1.82, 2.24) is 0 Å². The average molecular weight is 902 g/mol. The first kappa shape index (κ1) is 64.5. The highest BCUT2D eigenvalue weighted by molar-refractivity contribution is 5.70. The van der Waals surface area contributed by atoms with Crippen LogP contribution in [0, 0.1) is 5.92 Å². The molecular formula is C60H116O4. The Morgan fingerprint density at radius 1 is 0.344 bits per heavy atom. The molecule has 0 aromatic carbocycles. The van der Waals surface area contributed by atoms with Crippen LogP contribution < -0.4 is 0 Å². The lowest BCUT2D eigenvalue weighted by atomic mass is 9.94. The molecule has 0 amide bonds. The molecule has 1 N–H and O–H groups in total. The fourth-order valence-corrected chi connectivity index (χ4v) is 8.72. The number of hydrogen-bond acceptors (Lipinski definition) is 3. The van der Waals surface area contributed by atoms with Gasteiger partial charge >= 0.3 is 11.9 Å². The molecule has 0 aromatic heterocycles. The van der Waals surface area contributed by atoms with E-state index in [4.69, 9.17) is 4.74 Å². The lowest BCUT2D eigenvalue weighted by Crippen LogP contribution is -2.13. The van der Waals surface area contributed by atoms with Crippen LogP contribution >= 0.6 is 0 Å². The second kappa shape index (κ2) is 59.4.